The predicted molar refractivity (Wildman–Crippen MR) is 178 cm³/mol. The van der Waals surface area contributed by atoms with Crippen molar-refractivity contribution in [3.05, 3.63) is 119 Å². The number of benzene rings is 4. The molecule has 2 aromatic heterocycles. The minimum atomic E-state index is -0.178. The number of hydrogen-bond acceptors (Lipinski definition) is 2. The summed E-state index contributed by atoms with van der Waals surface area (Å²) in [7, 11) is 1.04. The third-order valence-electron chi connectivity index (χ3n) is 10.0. The van der Waals surface area contributed by atoms with E-state index in [9.17, 15) is 0 Å². The number of fused-ring (bicyclic) bond motifs is 8. The molecule has 1 aliphatic heterocycles. The zero-order chi connectivity index (χ0) is 27.1. The third-order valence-corrected chi connectivity index (χ3v) is 11.1. The Morgan fingerprint density at radius 3 is 2.63 bits per heavy atom. The van der Waals surface area contributed by atoms with Crippen LogP contribution in [0.5, 0.6) is 0 Å². The molecule has 2 aliphatic carbocycles. The zero-order valence-electron chi connectivity index (χ0n) is 23.2. The lowest BCUT2D eigenvalue weighted by Crippen LogP contribution is -2.55. The molecule has 3 heterocycles. The van der Waals surface area contributed by atoms with Gasteiger partial charge in [0.05, 0.1) is 5.52 Å². The van der Waals surface area contributed by atoms with E-state index in [1.54, 1.807) is 0 Å². The van der Waals surface area contributed by atoms with Gasteiger partial charge in [0.15, 0.2) is 7.28 Å². The van der Waals surface area contributed by atoms with Crippen LogP contribution in [0.2, 0.25) is 5.82 Å². The molecule has 198 valence electrons. The normalized spacial score (nSPS) is 23.2. The summed E-state index contributed by atoms with van der Waals surface area (Å²) in [5, 5.41) is 6.83. The second-order valence-electron chi connectivity index (χ2n) is 12.2. The van der Waals surface area contributed by atoms with Crippen LogP contribution in [0.4, 0.5) is 5.69 Å². The molecule has 4 heteroatoms. The lowest BCUT2D eigenvalue weighted by molar-refractivity contribution is 0.562. The fourth-order valence-corrected chi connectivity index (χ4v) is 9.28. The molecular formula is C37H31BN2S. The van der Waals surface area contributed by atoms with Gasteiger partial charge in [-0.25, -0.2) is 0 Å². The van der Waals surface area contributed by atoms with Crippen molar-refractivity contribution < 1.29 is 0 Å². The molecule has 0 saturated heterocycles. The summed E-state index contributed by atoms with van der Waals surface area (Å²) >= 11 is 1.88. The summed E-state index contributed by atoms with van der Waals surface area (Å²) in [5.74, 6) is 0.335. The van der Waals surface area contributed by atoms with Gasteiger partial charge in [-0.05, 0) is 48.0 Å². The van der Waals surface area contributed by atoms with Gasteiger partial charge in [0.2, 0.25) is 0 Å². The van der Waals surface area contributed by atoms with Gasteiger partial charge in [-0.1, -0.05) is 109 Å². The molecule has 4 aromatic carbocycles. The Balaban J connectivity index is 1.34. The van der Waals surface area contributed by atoms with Gasteiger partial charge in [0.1, 0.15) is 4.83 Å². The summed E-state index contributed by atoms with van der Waals surface area (Å²) in [6.07, 6.45) is 10.8. The molecule has 0 amide bonds. The van der Waals surface area contributed by atoms with Crippen LogP contribution in [-0.4, -0.2) is 18.3 Å². The van der Waals surface area contributed by atoms with E-state index in [0.29, 0.717) is 11.9 Å². The highest BCUT2D eigenvalue weighted by Crippen LogP contribution is 2.51. The van der Waals surface area contributed by atoms with Crippen molar-refractivity contribution in [2.45, 2.75) is 43.5 Å². The van der Waals surface area contributed by atoms with E-state index >= 15 is 0 Å². The van der Waals surface area contributed by atoms with Crippen LogP contribution < -0.4 is 20.8 Å². The van der Waals surface area contributed by atoms with Crippen molar-refractivity contribution in [3.8, 4) is 0 Å². The predicted octanol–water partition coefficient (Wildman–Crippen LogP) is 6.88. The number of anilines is 1. The highest BCUT2D eigenvalue weighted by Gasteiger charge is 2.46. The Kier molecular flexibility index (Phi) is 5.05. The number of aromatic amines is 1. The van der Waals surface area contributed by atoms with Crippen molar-refractivity contribution in [1.29, 1.82) is 0 Å². The number of H-pyrrole nitrogens is 1. The Morgan fingerprint density at radius 2 is 1.71 bits per heavy atom. The van der Waals surface area contributed by atoms with Crippen LogP contribution in [0.25, 0.3) is 43.0 Å². The zero-order valence-corrected chi connectivity index (χ0v) is 24.0. The van der Waals surface area contributed by atoms with E-state index in [0.717, 1.165) is 20.1 Å². The van der Waals surface area contributed by atoms with Crippen molar-refractivity contribution >= 4 is 72.7 Å². The number of aromatic nitrogens is 1. The number of thiophene rings is 1. The molecule has 1 N–H and O–H groups in total. The molecule has 0 radical (unpaired) electrons. The number of rotatable bonds is 2. The Bertz CT molecular complexity index is 2170. The van der Waals surface area contributed by atoms with E-state index in [-0.39, 0.29) is 5.41 Å². The van der Waals surface area contributed by atoms with E-state index in [4.69, 9.17) is 0 Å². The highest BCUT2D eigenvalue weighted by molar-refractivity contribution is 7.25. The Labute approximate surface area is 244 Å². The maximum Gasteiger partial charge on any atom is 0.171 e. The number of allylic oxidation sites excluding steroid dienone is 1. The number of para-hydroxylation sites is 2. The minimum Gasteiger partial charge on any atom is -0.346 e. The lowest BCUT2D eigenvalue weighted by atomic mass is 9.44. The highest BCUT2D eigenvalue weighted by atomic mass is 32.1. The van der Waals surface area contributed by atoms with E-state index in [1.165, 1.54) is 70.5 Å². The second-order valence-corrected chi connectivity index (χ2v) is 13.3. The first-order valence-electron chi connectivity index (χ1n) is 15.0. The average molecular weight is 547 g/mol. The maximum atomic E-state index is 3.94. The first-order valence-corrected chi connectivity index (χ1v) is 15.8. The molecule has 3 aliphatic rings. The van der Waals surface area contributed by atoms with Crippen LogP contribution in [-0.2, 0) is 5.41 Å². The Hall–Kier alpha value is -4.02. The van der Waals surface area contributed by atoms with Crippen molar-refractivity contribution in [1.82, 2.24) is 4.98 Å². The molecule has 3 unspecified atom stereocenters. The number of hydrogen-bond donors (Lipinski definition) is 1. The minimum absolute atomic E-state index is 0.178. The average Bonchev–Trinajstić information content (AvgIpc) is 3.57. The summed E-state index contributed by atoms with van der Waals surface area (Å²) in [4.78, 5) is 7.98. The lowest BCUT2D eigenvalue weighted by Gasteiger charge is -2.50. The SMILES string of the molecule is CC1(c2cccc3c2[nH]c2sc4ccccc4c23)C=c2ccccc2=C2C1Bc1ccccc1N2C1CC=CCC1. The van der Waals surface area contributed by atoms with Gasteiger partial charge in [-0.15, -0.1) is 11.3 Å². The largest absolute Gasteiger partial charge is 0.346 e. The summed E-state index contributed by atoms with van der Waals surface area (Å²) in [5.41, 5.74) is 6.91. The summed E-state index contributed by atoms with van der Waals surface area (Å²) in [6.45, 7) is 2.50. The molecule has 41 heavy (non-hydrogen) atoms. The molecule has 0 bridgehead atoms. The van der Waals surface area contributed by atoms with Crippen LogP contribution in [0, 0.1) is 0 Å². The van der Waals surface area contributed by atoms with Crippen LogP contribution in [0.1, 0.15) is 31.7 Å². The Morgan fingerprint density at radius 1 is 0.878 bits per heavy atom. The molecule has 9 rings (SSSR count). The first-order chi connectivity index (χ1) is 20.2. The van der Waals surface area contributed by atoms with E-state index < -0.39 is 0 Å². The molecule has 3 atom stereocenters. The fraction of sp³-hybridized carbons (Fsp3) is 0.189. The molecule has 0 saturated carbocycles. The monoisotopic (exact) mass is 546 g/mol. The second kappa shape index (κ2) is 8.74. The van der Waals surface area contributed by atoms with Crippen LogP contribution in [0.15, 0.2) is 103 Å². The van der Waals surface area contributed by atoms with E-state index in [1.807, 2.05) is 11.3 Å². The molecule has 0 fully saturated rings. The maximum absolute atomic E-state index is 3.94. The van der Waals surface area contributed by atoms with Gasteiger partial charge in [0.25, 0.3) is 0 Å². The molecule has 6 aromatic rings. The van der Waals surface area contributed by atoms with Crippen molar-refractivity contribution in [2.75, 3.05) is 4.90 Å². The topological polar surface area (TPSA) is 19.0 Å². The van der Waals surface area contributed by atoms with Crippen molar-refractivity contribution in [3.63, 3.8) is 0 Å². The number of nitrogens with one attached hydrogen (secondary N) is 1. The standard InChI is InChI=1S/C37H31BN2S/c1-37(28-18-11-17-27-32-26-16-7-10-21-31(26)41-36(32)39-33(27)28)22-23-12-5-6-15-25(23)34-35(37)38-29-19-8-9-20-30(29)40(34)24-13-3-2-4-14-24/h2-3,5-12,15-22,24,35,38-39H,4,13-14H2,1H3. The van der Waals surface area contributed by atoms with Gasteiger partial charge in [-0.3, -0.25) is 0 Å². The van der Waals surface area contributed by atoms with Crippen molar-refractivity contribution in [2.24, 2.45) is 0 Å². The van der Waals surface area contributed by atoms with Gasteiger partial charge >= 0.3 is 0 Å². The third kappa shape index (κ3) is 3.31. The van der Waals surface area contributed by atoms with Gasteiger partial charge in [-0.2, -0.15) is 0 Å². The molecule has 2 nitrogen and oxygen atoms in total. The molecular weight excluding hydrogens is 515 g/mol. The van der Waals surface area contributed by atoms with Gasteiger partial charge in [0, 0.05) is 48.9 Å². The quantitative estimate of drug-likeness (QED) is 0.185. The molecule has 0 spiro atoms. The summed E-state index contributed by atoms with van der Waals surface area (Å²) < 4.78 is 1.35. The van der Waals surface area contributed by atoms with Gasteiger partial charge < -0.3 is 9.88 Å². The first kappa shape index (κ1) is 23.7. The number of nitrogens with zero attached hydrogens (tertiary/aromatic N) is 1. The van der Waals surface area contributed by atoms with Crippen LogP contribution in [0.3, 0.4) is 0 Å². The fourth-order valence-electron chi connectivity index (χ4n) is 8.16. The summed E-state index contributed by atoms with van der Waals surface area (Å²) in [6, 6.07) is 34.6. The van der Waals surface area contributed by atoms with Crippen LogP contribution >= 0.6 is 11.3 Å². The smallest absolute Gasteiger partial charge is 0.171 e. The van der Waals surface area contributed by atoms with E-state index in [2.05, 4.69) is 126 Å².